The van der Waals surface area contributed by atoms with Crippen molar-refractivity contribution in [2.24, 2.45) is 0 Å². The summed E-state index contributed by atoms with van der Waals surface area (Å²) >= 11 is 0. The Labute approximate surface area is 252 Å². The summed E-state index contributed by atoms with van der Waals surface area (Å²) < 4.78 is 0. The van der Waals surface area contributed by atoms with Gasteiger partial charge in [0.25, 0.3) is 0 Å². The molecule has 0 aromatic heterocycles. The van der Waals surface area contributed by atoms with E-state index in [9.17, 15) is 0 Å². The third kappa shape index (κ3) is 5.54. The van der Waals surface area contributed by atoms with Crippen molar-refractivity contribution in [3.8, 4) is 0 Å². The van der Waals surface area contributed by atoms with Crippen LogP contribution in [0, 0.1) is 0 Å². The Morgan fingerprint density at radius 3 is 0.595 bits per heavy atom. The summed E-state index contributed by atoms with van der Waals surface area (Å²) in [6.07, 6.45) is 7.04. The summed E-state index contributed by atoms with van der Waals surface area (Å²) in [5, 5.41) is 8.69. The summed E-state index contributed by atoms with van der Waals surface area (Å²) in [4.78, 5) is 0. The van der Waals surface area contributed by atoms with Crippen LogP contribution in [-0.4, -0.2) is 12.3 Å². The Morgan fingerprint density at radius 1 is 0.262 bits per heavy atom. The molecule has 0 N–H and O–H groups in total. The molecule has 0 bridgehead atoms. The Hall–Kier alpha value is -4.08. The SMILES string of the molecule is C(=CC[PH](c1ccccc1)(c1ccccc1)c1ccccc1)C[PH](c1ccccc1)(c1ccccc1)c1ccccc1. The zero-order valence-electron chi connectivity index (χ0n) is 23.9. The maximum absolute atomic E-state index is 2.51. The molecular weight excluding hydrogens is 542 g/mol. The van der Waals surface area contributed by atoms with Gasteiger partial charge >= 0.3 is 253 Å². The van der Waals surface area contributed by atoms with Crippen LogP contribution in [-0.2, 0) is 0 Å². The summed E-state index contributed by atoms with van der Waals surface area (Å²) in [6.45, 7) is 0. The predicted molar refractivity (Wildman–Crippen MR) is 192 cm³/mol. The first-order valence-corrected chi connectivity index (χ1v) is 19.2. The number of hydrogen-bond donors (Lipinski definition) is 0. The molecule has 0 spiro atoms. The molecule has 0 saturated carbocycles. The molecule has 42 heavy (non-hydrogen) atoms. The third-order valence-electron chi connectivity index (χ3n) is 8.61. The molecule has 2 heteroatoms. The first kappa shape index (κ1) is 28.1. The van der Waals surface area contributed by atoms with E-state index < -0.39 is 14.5 Å². The van der Waals surface area contributed by atoms with Crippen LogP contribution in [0.25, 0.3) is 0 Å². The van der Waals surface area contributed by atoms with Crippen molar-refractivity contribution in [3.63, 3.8) is 0 Å². The fraction of sp³-hybridized carbons (Fsp3) is 0.0500. The number of rotatable bonds is 10. The van der Waals surface area contributed by atoms with E-state index in [1.165, 1.54) is 31.8 Å². The van der Waals surface area contributed by atoms with Gasteiger partial charge in [-0.15, -0.1) is 0 Å². The monoisotopic (exact) mass is 580 g/mol. The zero-order valence-corrected chi connectivity index (χ0v) is 25.9. The van der Waals surface area contributed by atoms with Crippen LogP contribution in [0.3, 0.4) is 0 Å². The van der Waals surface area contributed by atoms with Gasteiger partial charge in [0.1, 0.15) is 0 Å². The van der Waals surface area contributed by atoms with Gasteiger partial charge < -0.3 is 0 Å². The van der Waals surface area contributed by atoms with Crippen molar-refractivity contribution in [2.75, 3.05) is 12.3 Å². The topological polar surface area (TPSA) is 0 Å². The van der Waals surface area contributed by atoms with Gasteiger partial charge in [-0.3, -0.25) is 0 Å². The molecule has 0 atom stereocenters. The van der Waals surface area contributed by atoms with E-state index in [1.54, 1.807) is 0 Å². The van der Waals surface area contributed by atoms with Crippen molar-refractivity contribution < 1.29 is 0 Å². The Morgan fingerprint density at radius 2 is 0.429 bits per heavy atom. The second kappa shape index (κ2) is 13.3. The van der Waals surface area contributed by atoms with Gasteiger partial charge in [-0.05, 0) is 0 Å². The van der Waals surface area contributed by atoms with Crippen LogP contribution in [0.5, 0.6) is 0 Å². The number of hydrogen-bond acceptors (Lipinski definition) is 0. The van der Waals surface area contributed by atoms with E-state index in [2.05, 4.69) is 194 Å². The van der Waals surface area contributed by atoms with E-state index >= 15 is 0 Å². The fourth-order valence-electron chi connectivity index (χ4n) is 6.56. The molecule has 0 aliphatic rings. The average molecular weight is 581 g/mol. The Kier molecular flexibility index (Phi) is 8.86. The van der Waals surface area contributed by atoms with Crippen LogP contribution < -0.4 is 31.8 Å². The molecule has 208 valence electrons. The van der Waals surface area contributed by atoms with Crippen LogP contribution >= 0.6 is 14.5 Å². The number of benzene rings is 6. The van der Waals surface area contributed by atoms with E-state index in [0.29, 0.717) is 0 Å². The van der Waals surface area contributed by atoms with Gasteiger partial charge in [-0.1, -0.05) is 0 Å². The first-order chi connectivity index (χ1) is 20.8. The van der Waals surface area contributed by atoms with Gasteiger partial charge in [0, 0.05) is 0 Å². The molecule has 0 aliphatic carbocycles. The zero-order chi connectivity index (χ0) is 28.5. The first-order valence-electron chi connectivity index (χ1n) is 14.8. The molecule has 0 saturated heterocycles. The minimum absolute atomic E-state index is 1.01. The molecule has 0 amide bonds. The van der Waals surface area contributed by atoms with Gasteiger partial charge in [-0.25, -0.2) is 0 Å². The van der Waals surface area contributed by atoms with Crippen LogP contribution in [0.15, 0.2) is 194 Å². The second-order valence-electron chi connectivity index (χ2n) is 10.9. The quantitative estimate of drug-likeness (QED) is 0.121. The fourth-order valence-corrected chi connectivity index (χ4v) is 15.6. The van der Waals surface area contributed by atoms with E-state index in [4.69, 9.17) is 0 Å². The van der Waals surface area contributed by atoms with Gasteiger partial charge in [0.15, 0.2) is 0 Å². The molecule has 0 fully saturated rings. The second-order valence-corrected chi connectivity index (χ2v) is 18.8. The Bertz CT molecular complexity index is 1360. The normalized spacial score (nSPS) is 12.7. The maximum atomic E-state index is 2.51. The molecule has 6 aromatic rings. The molecule has 0 radical (unpaired) electrons. The minimum atomic E-state index is -2.33. The molecule has 0 nitrogen and oxygen atoms in total. The molecule has 6 rings (SSSR count). The summed E-state index contributed by atoms with van der Waals surface area (Å²) in [5.74, 6) is 0. The summed E-state index contributed by atoms with van der Waals surface area (Å²) in [5.41, 5.74) is 0. The van der Waals surface area contributed by atoms with Crippen LogP contribution in [0.2, 0.25) is 0 Å². The van der Waals surface area contributed by atoms with Gasteiger partial charge in [-0.2, -0.15) is 0 Å². The summed E-state index contributed by atoms with van der Waals surface area (Å²) in [7, 11) is -4.66. The summed E-state index contributed by atoms with van der Waals surface area (Å²) in [6, 6.07) is 67.3. The van der Waals surface area contributed by atoms with E-state index in [0.717, 1.165) is 12.3 Å². The van der Waals surface area contributed by atoms with Crippen molar-refractivity contribution in [1.82, 2.24) is 0 Å². The van der Waals surface area contributed by atoms with E-state index in [-0.39, 0.29) is 0 Å². The third-order valence-corrected chi connectivity index (χ3v) is 18.2. The van der Waals surface area contributed by atoms with E-state index in [1.807, 2.05) is 0 Å². The van der Waals surface area contributed by atoms with Crippen molar-refractivity contribution in [3.05, 3.63) is 194 Å². The van der Waals surface area contributed by atoms with Crippen LogP contribution in [0.4, 0.5) is 0 Å². The van der Waals surface area contributed by atoms with Crippen molar-refractivity contribution in [1.29, 1.82) is 0 Å². The molecular formula is C40H38P2. The van der Waals surface area contributed by atoms with Crippen molar-refractivity contribution >= 4 is 46.4 Å². The Balaban J connectivity index is 1.48. The van der Waals surface area contributed by atoms with Crippen molar-refractivity contribution in [2.45, 2.75) is 0 Å². The number of allylic oxidation sites excluding steroid dienone is 2. The molecule has 0 unspecified atom stereocenters. The predicted octanol–water partition coefficient (Wildman–Crippen LogP) is 7.00. The molecule has 0 aliphatic heterocycles. The standard InChI is InChI=1S/C40H38P2/c1-7-21-35(22-8-1)41(36-23-9-2-10-24-36,37-25-11-3-12-26-37)33-19-20-34-42(38-27-13-4-14-28-38,39-29-15-5-16-30-39)40-31-17-6-18-32-40/h1-32,41-42H,33-34H2. The van der Waals surface area contributed by atoms with Gasteiger partial charge in [0.2, 0.25) is 0 Å². The van der Waals surface area contributed by atoms with Crippen LogP contribution in [0.1, 0.15) is 0 Å². The molecule has 6 aromatic carbocycles. The van der Waals surface area contributed by atoms with Gasteiger partial charge in [0.05, 0.1) is 0 Å². The average Bonchev–Trinajstić information content (AvgIpc) is 3.09. The molecule has 0 heterocycles.